The van der Waals surface area contributed by atoms with Crippen LogP contribution in [0.4, 0.5) is 0 Å². The first kappa shape index (κ1) is 22.0. The summed E-state index contributed by atoms with van der Waals surface area (Å²) < 4.78 is 0. The Bertz CT molecular complexity index is 361. The molecule has 0 spiro atoms. The lowest BCUT2D eigenvalue weighted by atomic mass is 9.85. The molecule has 0 aromatic rings. The highest BCUT2D eigenvalue weighted by atomic mass is 35.5. The largest absolute Gasteiger partial charge is 0.355 e. The molecule has 3 rings (SSSR count). The molecule has 0 bridgehead atoms. The average Bonchev–Trinajstić information content (AvgIpc) is 2.99. The fraction of sp³-hybridized carbons (Fsp3) is 0.944. The number of amides is 1. The molecule has 1 saturated carbocycles. The van der Waals surface area contributed by atoms with Gasteiger partial charge in [0.25, 0.3) is 0 Å². The Labute approximate surface area is 159 Å². The minimum Gasteiger partial charge on any atom is -0.355 e. The molecule has 1 aliphatic carbocycles. The Hall–Kier alpha value is -0.0300. The maximum atomic E-state index is 12.3. The molecular formula is C18H35Cl2N3O. The molecule has 3 atom stereocenters. The molecule has 2 aliphatic heterocycles. The van der Waals surface area contributed by atoms with E-state index in [-0.39, 0.29) is 36.8 Å². The number of nitrogens with zero attached hydrogens (tertiary/aromatic N) is 1. The quantitative estimate of drug-likeness (QED) is 0.771. The van der Waals surface area contributed by atoms with Crippen LogP contribution in [0.1, 0.15) is 58.3 Å². The van der Waals surface area contributed by atoms with Crippen LogP contribution in [-0.4, -0.2) is 49.1 Å². The Morgan fingerprint density at radius 3 is 2.50 bits per heavy atom. The third kappa shape index (κ3) is 5.76. The van der Waals surface area contributed by atoms with Gasteiger partial charge in [-0.2, -0.15) is 0 Å². The van der Waals surface area contributed by atoms with Crippen LogP contribution in [0.2, 0.25) is 0 Å². The van der Waals surface area contributed by atoms with Crippen LogP contribution in [0.15, 0.2) is 0 Å². The summed E-state index contributed by atoms with van der Waals surface area (Å²) in [6.45, 7) is 6.76. The van der Waals surface area contributed by atoms with Gasteiger partial charge in [-0.05, 0) is 70.0 Å². The second-order valence-electron chi connectivity index (χ2n) is 7.56. The average molecular weight is 380 g/mol. The van der Waals surface area contributed by atoms with Gasteiger partial charge in [-0.1, -0.05) is 19.8 Å². The molecule has 24 heavy (non-hydrogen) atoms. The minimum atomic E-state index is 0. The Balaban J connectivity index is 0.00000144. The normalized spacial score (nSPS) is 30.8. The molecule has 3 fully saturated rings. The van der Waals surface area contributed by atoms with E-state index in [9.17, 15) is 4.79 Å². The van der Waals surface area contributed by atoms with E-state index < -0.39 is 0 Å². The van der Waals surface area contributed by atoms with E-state index in [1.54, 1.807) is 0 Å². The first-order valence-corrected chi connectivity index (χ1v) is 9.52. The van der Waals surface area contributed by atoms with Gasteiger partial charge in [-0.25, -0.2) is 0 Å². The molecule has 0 aromatic carbocycles. The zero-order chi connectivity index (χ0) is 15.4. The zero-order valence-electron chi connectivity index (χ0n) is 15.0. The Morgan fingerprint density at radius 1 is 1.12 bits per heavy atom. The van der Waals surface area contributed by atoms with Crippen molar-refractivity contribution < 1.29 is 4.79 Å². The van der Waals surface area contributed by atoms with Crippen molar-refractivity contribution in [2.24, 2.45) is 11.8 Å². The summed E-state index contributed by atoms with van der Waals surface area (Å²) in [6, 6.07) is 0.693. The van der Waals surface area contributed by atoms with E-state index >= 15 is 0 Å². The summed E-state index contributed by atoms with van der Waals surface area (Å²) in [5.74, 6) is 1.81. The van der Waals surface area contributed by atoms with E-state index in [0.717, 1.165) is 31.2 Å². The van der Waals surface area contributed by atoms with Crippen LogP contribution < -0.4 is 10.6 Å². The van der Waals surface area contributed by atoms with Gasteiger partial charge in [-0.3, -0.25) is 4.79 Å². The van der Waals surface area contributed by atoms with Gasteiger partial charge in [0.05, 0.1) is 6.04 Å². The predicted octanol–water partition coefficient (Wildman–Crippen LogP) is 2.99. The zero-order valence-corrected chi connectivity index (χ0v) is 16.6. The van der Waals surface area contributed by atoms with Gasteiger partial charge in [0, 0.05) is 12.6 Å². The lowest BCUT2D eigenvalue weighted by Crippen LogP contribution is -2.44. The molecular weight excluding hydrogens is 345 g/mol. The van der Waals surface area contributed by atoms with Crippen molar-refractivity contribution in [1.29, 1.82) is 0 Å². The van der Waals surface area contributed by atoms with Crippen molar-refractivity contribution in [2.45, 2.75) is 70.4 Å². The number of nitrogens with one attached hydrogen (secondary N) is 2. The summed E-state index contributed by atoms with van der Waals surface area (Å²) in [6.07, 6.45) is 10.1. The molecule has 142 valence electrons. The molecule has 2 N–H and O–H groups in total. The minimum absolute atomic E-state index is 0. The van der Waals surface area contributed by atoms with Gasteiger partial charge >= 0.3 is 0 Å². The number of rotatable bonds is 5. The van der Waals surface area contributed by atoms with Gasteiger partial charge in [0.1, 0.15) is 0 Å². The van der Waals surface area contributed by atoms with E-state index in [4.69, 9.17) is 0 Å². The predicted molar refractivity (Wildman–Crippen MR) is 104 cm³/mol. The Kier molecular flexibility index (Phi) is 9.95. The molecule has 1 amide bonds. The second kappa shape index (κ2) is 10.8. The molecule has 3 aliphatic rings. The van der Waals surface area contributed by atoms with Crippen molar-refractivity contribution in [3.8, 4) is 0 Å². The standard InChI is InChI=1S/C18H33N3O.2ClH/c1-2-21-11-8-14(9-12-21)7-10-19-18(22)17-13-15-5-3-4-6-16(15)20-17;;/h14-17,20H,2-13H2,1H3,(H,19,22);2*1H. The van der Waals surface area contributed by atoms with Crippen LogP contribution in [-0.2, 0) is 4.79 Å². The SMILES string of the molecule is CCN1CCC(CCNC(=O)C2CC3CCCCC3N2)CC1.Cl.Cl. The summed E-state index contributed by atoms with van der Waals surface area (Å²) >= 11 is 0. The van der Waals surface area contributed by atoms with E-state index in [2.05, 4.69) is 22.5 Å². The molecule has 0 radical (unpaired) electrons. The number of hydrogen-bond donors (Lipinski definition) is 2. The van der Waals surface area contributed by atoms with E-state index in [0.29, 0.717) is 6.04 Å². The maximum Gasteiger partial charge on any atom is 0.237 e. The lowest BCUT2D eigenvalue weighted by molar-refractivity contribution is -0.122. The van der Waals surface area contributed by atoms with Crippen molar-refractivity contribution >= 4 is 30.7 Å². The summed E-state index contributed by atoms with van der Waals surface area (Å²) in [5.41, 5.74) is 0. The number of fused-ring (bicyclic) bond motifs is 1. The van der Waals surface area contributed by atoms with Gasteiger partial charge < -0.3 is 15.5 Å². The number of carbonyl (C=O) groups is 1. The van der Waals surface area contributed by atoms with Crippen molar-refractivity contribution in [2.75, 3.05) is 26.2 Å². The van der Waals surface area contributed by atoms with Crippen molar-refractivity contribution in [3.05, 3.63) is 0 Å². The van der Waals surface area contributed by atoms with Gasteiger partial charge in [-0.15, -0.1) is 24.8 Å². The Morgan fingerprint density at radius 2 is 1.83 bits per heavy atom. The highest BCUT2D eigenvalue weighted by Gasteiger charge is 2.38. The molecule has 0 aromatic heterocycles. The highest BCUT2D eigenvalue weighted by Crippen LogP contribution is 2.33. The third-order valence-electron chi connectivity index (χ3n) is 6.19. The third-order valence-corrected chi connectivity index (χ3v) is 6.19. The fourth-order valence-corrected chi connectivity index (χ4v) is 4.64. The van der Waals surface area contributed by atoms with Crippen LogP contribution in [0.25, 0.3) is 0 Å². The molecule has 2 saturated heterocycles. The van der Waals surface area contributed by atoms with E-state index in [1.165, 1.54) is 58.2 Å². The molecule has 2 heterocycles. The first-order chi connectivity index (χ1) is 10.8. The summed E-state index contributed by atoms with van der Waals surface area (Å²) in [5, 5.41) is 6.77. The topological polar surface area (TPSA) is 44.4 Å². The first-order valence-electron chi connectivity index (χ1n) is 9.52. The van der Waals surface area contributed by atoms with Crippen LogP contribution in [0.3, 0.4) is 0 Å². The molecule has 3 unspecified atom stereocenters. The summed E-state index contributed by atoms with van der Waals surface area (Å²) in [4.78, 5) is 14.9. The fourth-order valence-electron chi connectivity index (χ4n) is 4.64. The number of halogens is 2. The van der Waals surface area contributed by atoms with E-state index in [1.807, 2.05) is 0 Å². The van der Waals surface area contributed by atoms with Gasteiger partial charge in [0.15, 0.2) is 0 Å². The van der Waals surface area contributed by atoms with Crippen molar-refractivity contribution in [3.63, 3.8) is 0 Å². The number of hydrogen-bond acceptors (Lipinski definition) is 3. The molecule has 4 nitrogen and oxygen atoms in total. The second-order valence-corrected chi connectivity index (χ2v) is 7.56. The highest BCUT2D eigenvalue weighted by molar-refractivity contribution is 5.85. The van der Waals surface area contributed by atoms with Crippen LogP contribution in [0.5, 0.6) is 0 Å². The monoisotopic (exact) mass is 379 g/mol. The number of likely N-dealkylation sites (tertiary alicyclic amines) is 1. The smallest absolute Gasteiger partial charge is 0.237 e. The van der Waals surface area contributed by atoms with Crippen LogP contribution in [0, 0.1) is 11.8 Å². The summed E-state index contributed by atoms with van der Waals surface area (Å²) in [7, 11) is 0. The number of piperidine rings is 1. The number of carbonyl (C=O) groups excluding carboxylic acids is 1. The maximum absolute atomic E-state index is 12.3. The van der Waals surface area contributed by atoms with Crippen LogP contribution >= 0.6 is 24.8 Å². The molecule has 6 heteroatoms. The lowest BCUT2D eigenvalue weighted by Gasteiger charge is -2.31. The van der Waals surface area contributed by atoms with Gasteiger partial charge in [0.2, 0.25) is 5.91 Å². The van der Waals surface area contributed by atoms with Crippen molar-refractivity contribution in [1.82, 2.24) is 15.5 Å².